The second-order valence-electron chi connectivity index (χ2n) is 3.46. The van der Waals surface area contributed by atoms with Gasteiger partial charge in [-0.3, -0.25) is 4.79 Å². The SMILES string of the molecule is N#CCN(CC#N)C(=O)C1(CN)CC1. The van der Waals surface area contributed by atoms with Crippen molar-refractivity contribution in [2.24, 2.45) is 11.1 Å². The summed E-state index contributed by atoms with van der Waals surface area (Å²) < 4.78 is 0. The molecule has 1 aliphatic rings. The third-order valence-electron chi connectivity index (χ3n) is 2.51. The maximum absolute atomic E-state index is 11.8. The van der Waals surface area contributed by atoms with Crippen molar-refractivity contribution in [3.8, 4) is 12.1 Å². The summed E-state index contributed by atoms with van der Waals surface area (Å²) in [6.45, 7) is 0.238. The van der Waals surface area contributed by atoms with Crippen molar-refractivity contribution >= 4 is 5.91 Å². The zero-order chi connectivity index (χ0) is 10.6. The first-order valence-corrected chi connectivity index (χ1v) is 4.43. The van der Waals surface area contributed by atoms with Gasteiger partial charge >= 0.3 is 0 Å². The highest BCUT2D eigenvalue weighted by Gasteiger charge is 2.50. The van der Waals surface area contributed by atoms with E-state index in [0.29, 0.717) is 6.54 Å². The third-order valence-corrected chi connectivity index (χ3v) is 2.51. The van der Waals surface area contributed by atoms with E-state index in [1.807, 2.05) is 12.1 Å². The Kier molecular flexibility index (Phi) is 3.06. The molecule has 0 aliphatic heterocycles. The van der Waals surface area contributed by atoms with Gasteiger partial charge in [0.25, 0.3) is 0 Å². The van der Waals surface area contributed by atoms with E-state index in [-0.39, 0.29) is 19.0 Å². The number of amides is 1. The molecule has 0 unspecified atom stereocenters. The van der Waals surface area contributed by atoms with E-state index in [4.69, 9.17) is 16.3 Å². The molecule has 14 heavy (non-hydrogen) atoms. The predicted molar refractivity (Wildman–Crippen MR) is 48.5 cm³/mol. The lowest BCUT2D eigenvalue weighted by atomic mass is 10.1. The lowest BCUT2D eigenvalue weighted by molar-refractivity contribution is -0.135. The van der Waals surface area contributed by atoms with E-state index in [2.05, 4.69) is 0 Å². The quantitative estimate of drug-likeness (QED) is 0.613. The zero-order valence-corrected chi connectivity index (χ0v) is 7.86. The Morgan fingerprint density at radius 1 is 1.36 bits per heavy atom. The lowest BCUT2D eigenvalue weighted by Crippen LogP contribution is -2.40. The van der Waals surface area contributed by atoms with Crippen LogP contribution >= 0.6 is 0 Å². The van der Waals surface area contributed by atoms with Crippen LogP contribution in [-0.4, -0.2) is 30.4 Å². The van der Waals surface area contributed by atoms with E-state index < -0.39 is 5.41 Å². The number of nitrogens with two attached hydrogens (primary N) is 1. The van der Waals surface area contributed by atoms with Crippen molar-refractivity contribution in [1.29, 1.82) is 10.5 Å². The first-order chi connectivity index (χ1) is 6.70. The summed E-state index contributed by atoms with van der Waals surface area (Å²) in [5, 5.41) is 17.0. The van der Waals surface area contributed by atoms with Gasteiger partial charge in [0, 0.05) is 6.54 Å². The summed E-state index contributed by atoms with van der Waals surface area (Å²) in [7, 11) is 0. The smallest absolute Gasteiger partial charge is 0.231 e. The van der Waals surface area contributed by atoms with Gasteiger partial charge in [-0.2, -0.15) is 10.5 Å². The van der Waals surface area contributed by atoms with Gasteiger partial charge in [0.05, 0.1) is 17.6 Å². The van der Waals surface area contributed by atoms with Gasteiger partial charge in [-0.25, -0.2) is 0 Å². The van der Waals surface area contributed by atoms with E-state index in [9.17, 15) is 4.79 Å². The molecule has 1 aliphatic carbocycles. The largest absolute Gasteiger partial charge is 0.329 e. The minimum absolute atomic E-state index is 0.0336. The van der Waals surface area contributed by atoms with Crippen LogP contribution in [0.25, 0.3) is 0 Å². The second-order valence-corrected chi connectivity index (χ2v) is 3.46. The van der Waals surface area contributed by atoms with Gasteiger partial charge in [-0.05, 0) is 12.8 Å². The minimum atomic E-state index is -0.465. The molecule has 1 rings (SSSR count). The highest BCUT2D eigenvalue weighted by molar-refractivity contribution is 5.86. The Morgan fingerprint density at radius 3 is 2.14 bits per heavy atom. The topological polar surface area (TPSA) is 93.9 Å². The van der Waals surface area contributed by atoms with Crippen LogP contribution in [0.1, 0.15) is 12.8 Å². The highest BCUT2D eigenvalue weighted by atomic mass is 16.2. The average Bonchev–Trinajstić information content (AvgIpc) is 2.97. The Labute approximate surface area is 82.7 Å². The Hall–Kier alpha value is -1.59. The van der Waals surface area contributed by atoms with Crippen molar-refractivity contribution in [3.63, 3.8) is 0 Å². The molecular formula is C9H12N4O. The van der Waals surface area contributed by atoms with Gasteiger partial charge in [0.15, 0.2) is 0 Å². The third kappa shape index (κ3) is 1.84. The first kappa shape index (κ1) is 10.5. The normalized spacial score (nSPS) is 16.5. The summed E-state index contributed by atoms with van der Waals surface area (Å²) in [5.41, 5.74) is 5.02. The van der Waals surface area contributed by atoms with Crippen LogP contribution in [0.5, 0.6) is 0 Å². The van der Waals surface area contributed by atoms with Crippen LogP contribution in [0.15, 0.2) is 0 Å². The van der Waals surface area contributed by atoms with Crippen LogP contribution in [0.3, 0.4) is 0 Å². The molecule has 74 valence electrons. The monoisotopic (exact) mass is 192 g/mol. The first-order valence-electron chi connectivity index (χ1n) is 4.43. The maximum Gasteiger partial charge on any atom is 0.231 e. The number of carbonyl (C=O) groups excluding carboxylic acids is 1. The van der Waals surface area contributed by atoms with Crippen molar-refractivity contribution in [2.75, 3.05) is 19.6 Å². The van der Waals surface area contributed by atoms with Crippen molar-refractivity contribution in [1.82, 2.24) is 4.90 Å². The molecule has 0 radical (unpaired) electrons. The summed E-state index contributed by atoms with van der Waals surface area (Å²) in [6, 6.07) is 3.74. The summed E-state index contributed by atoms with van der Waals surface area (Å²) in [6.07, 6.45) is 1.55. The molecule has 5 nitrogen and oxygen atoms in total. The van der Waals surface area contributed by atoms with Crippen molar-refractivity contribution in [2.45, 2.75) is 12.8 Å². The van der Waals surface area contributed by atoms with Gasteiger partial charge in [0.2, 0.25) is 5.91 Å². The van der Waals surface area contributed by atoms with Gasteiger partial charge in [-0.1, -0.05) is 0 Å². The van der Waals surface area contributed by atoms with Crippen LogP contribution in [0.2, 0.25) is 0 Å². The predicted octanol–water partition coefficient (Wildman–Crippen LogP) is -0.399. The molecule has 2 N–H and O–H groups in total. The maximum atomic E-state index is 11.8. The molecule has 0 saturated heterocycles. The molecule has 0 aromatic carbocycles. The summed E-state index contributed by atoms with van der Waals surface area (Å²) in [5.74, 6) is -0.150. The summed E-state index contributed by atoms with van der Waals surface area (Å²) >= 11 is 0. The number of hydrogen-bond donors (Lipinski definition) is 1. The zero-order valence-electron chi connectivity index (χ0n) is 7.86. The highest BCUT2D eigenvalue weighted by Crippen LogP contribution is 2.45. The molecule has 1 amide bonds. The second kappa shape index (κ2) is 4.08. The number of nitrogens with zero attached hydrogens (tertiary/aromatic N) is 3. The molecule has 0 spiro atoms. The van der Waals surface area contributed by atoms with Crippen molar-refractivity contribution in [3.05, 3.63) is 0 Å². The van der Waals surface area contributed by atoms with Crippen LogP contribution < -0.4 is 5.73 Å². The van der Waals surface area contributed by atoms with Gasteiger partial charge in [-0.15, -0.1) is 0 Å². The fraction of sp³-hybridized carbons (Fsp3) is 0.667. The standard InChI is InChI=1S/C9H12N4O/c10-3-5-13(6-4-11)8(14)9(7-12)1-2-9/h1-2,5-7,12H2. The Balaban J connectivity index is 2.65. The molecule has 0 atom stereocenters. The fourth-order valence-electron chi connectivity index (χ4n) is 1.36. The number of hydrogen-bond acceptors (Lipinski definition) is 4. The Morgan fingerprint density at radius 2 is 1.86 bits per heavy atom. The fourth-order valence-corrected chi connectivity index (χ4v) is 1.36. The number of nitriles is 2. The molecule has 0 heterocycles. The molecule has 0 bridgehead atoms. The van der Waals surface area contributed by atoms with Crippen LogP contribution in [0, 0.1) is 28.1 Å². The molecule has 1 saturated carbocycles. The van der Waals surface area contributed by atoms with E-state index in [0.717, 1.165) is 12.8 Å². The number of rotatable bonds is 4. The van der Waals surface area contributed by atoms with E-state index in [1.165, 1.54) is 4.90 Å². The van der Waals surface area contributed by atoms with Crippen molar-refractivity contribution < 1.29 is 4.79 Å². The minimum Gasteiger partial charge on any atom is -0.329 e. The van der Waals surface area contributed by atoms with Crippen LogP contribution in [0.4, 0.5) is 0 Å². The lowest BCUT2D eigenvalue weighted by Gasteiger charge is -2.21. The molecule has 5 heteroatoms. The number of carbonyl (C=O) groups is 1. The molecule has 0 aromatic heterocycles. The van der Waals surface area contributed by atoms with Gasteiger partial charge < -0.3 is 10.6 Å². The van der Waals surface area contributed by atoms with Crippen LogP contribution in [-0.2, 0) is 4.79 Å². The van der Waals surface area contributed by atoms with E-state index >= 15 is 0 Å². The van der Waals surface area contributed by atoms with E-state index in [1.54, 1.807) is 0 Å². The Bertz CT molecular complexity index is 292. The molecular weight excluding hydrogens is 180 g/mol. The molecule has 1 fully saturated rings. The average molecular weight is 192 g/mol. The molecule has 0 aromatic rings. The van der Waals surface area contributed by atoms with Gasteiger partial charge in [0.1, 0.15) is 13.1 Å². The summed E-state index contributed by atoms with van der Waals surface area (Å²) in [4.78, 5) is 13.0.